The van der Waals surface area contributed by atoms with Gasteiger partial charge in [0.15, 0.2) is 5.82 Å². The van der Waals surface area contributed by atoms with Gasteiger partial charge in [-0.15, -0.1) is 0 Å². The summed E-state index contributed by atoms with van der Waals surface area (Å²) in [4.78, 5) is 27.0. The highest BCUT2D eigenvalue weighted by atomic mass is 32.1. The zero-order chi connectivity index (χ0) is 25.5. The molecule has 3 aromatic heterocycles. The summed E-state index contributed by atoms with van der Waals surface area (Å²) in [6.07, 6.45) is 0.227. The monoisotopic (exact) mass is 556 g/mol. The molecular weight excluding hydrogens is 525 g/mol. The Morgan fingerprint density at radius 1 is 1.14 bits per heavy atom. The van der Waals surface area contributed by atoms with Crippen LogP contribution in [0.1, 0.15) is 49.3 Å². The first-order valence-corrected chi connectivity index (χ1v) is 11.2. The molecule has 37 heavy (non-hydrogen) atoms. The van der Waals surface area contributed by atoms with Crippen molar-refractivity contribution in [2.24, 2.45) is 5.92 Å². The Labute approximate surface area is 227 Å². The first kappa shape index (κ1) is 30.2. The van der Waals surface area contributed by atoms with Crippen molar-refractivity contribution in [2.75, 3.05) is 22.6 Å². The van der Waals surface area contributed by atoms with Gasteiger partial charge in [0.25, 0.3) is 0 Å². The zero-order valence-electron chi connectivity index (χ0n) is 21.1. The van der Waals surface area contributed by atoms with Crippen LogP contribution in [0.2, 0.25) is 0 Å². The lowest BCUT2D eigenvalue weighted by Crippen LogP contribution is -2.49. The number of likely N-dealkylation sites (N-methyl/N-ethyl adjacent to an activating group) is 1. The Morgan fingerprint density at radius 3 is 2.43 bits per heavy atom. The summed E-state index contributed by atoms with van der Waals surface area (Å²) in [5, 5.41) is 10.5. The second-order valence-electron chi connectivity index (χ2n) is 8.95. The molecule has 0 bridgehead atoms. The number of hydrogen-bond acceptors (Lipinski definition) is 7. The number of nitrogens with zero attached hydrogens (tertiary/aromatic N) is 6. The molecule has 1 aliphatic heterocycles. The molecule has 0 spiro atoms. The predicted octanol–water partition coefficient (Wildman–Crippen LogP) is 4.26. The summed E-state index contributed by atoms with van der Waals surface area (Å²) in [7, 11) is 1.85. The molecule has 4 rings (SSSR count). The molecular formula is C23H31F3N8OS2. The highest BCUT2D eigenvalue weighted by Crippen LogP contribution is 2.34. The lowest BCUT2D eigenvalue weighted by molar-refractivity contribution is -0.141. The minimum atomic E-state index is -4.47. The largest absolute Gasteiger partial charge is 0.433 e. The van der Waals surface area contributed by atoms with Gasteiger partial charge in [-0.05, 0) is 31.4 Å². The van der Waals surface area contributed by atoms with Gasteiger partial charge in [-0.3, -0.25) is 14.5 Å². The normalized spacial score (nSPS) is 15.9. The molecule has 0 aliphatic carbocycles. The Hall–Kier alpha value is -3.00. The number of nitrogens with one attached hydrogen (secondary N) is 2. The van der Waals surface area contributed by atoms with Crippen LogP contribution in [0.15, 0.2) is 30.7 Å². The molecule has 2 N–H and O–H groups in total. The average molecular weight is 557 g/mol. The highest BCUT2D eigenvalue weighted by Gasteiger charge is 2.35. The SMILES string of the molecule is Cc1nc(NCc2cnn([C@@H](C)c3ccc(C(F)(F)F)nc3)c2)nc2c1NC(=O)[C@H](C(C)C)N2C.S.S. The van der Waals surface area contributed by atoms with Crippen LogP contribution < -0.4 is 15.5 Å². The van der Waals surface area contributed by atoms with Crippen LogP contribution >= 0.6 is 27.0 Å². The van der Waals surface area contributed by atoms with E-state index < -0.39 is 11.9 Å². The van der Waals surface area contributed by atoms with E-state index in [1.807, 2.05) is 45.8 Å². The van der Waals surface area contributed by atoms with Gasteiger partial charge >= 0.3 is 6.18 Å². The predicted molar refractivity (Wildman–Crippen MR) is 146 cm³/mol. The van der Waals surface area contributed by atoms with E-state index in [9.17, 15) is 18.0 Å². The number of halogens is 3. The third-order valence-electron chi connectivity index (χ3n) is 6.03. The number of carbonyl (C=O) groups excluding carboxylic acids is 1. The van der Waals surface area contributed by atoms with Crippen molar-refractivity contribution in [3.8, 4) is 0 Å². The third-order valence-corrected chi connectivity index (χ3v) is 6.03. The summed E-state index contributed by atoms with van der Waals surface area (Å²) < 4.78 is 40.0. The van der Waals surface area contributed by atoms with Crippen LogP contribution in [0.5, 0.6) is 0 Å². The molecule has 4 heterocycles. The van der Waals surface area contributed by atoms with Gasteiger partial charge in [-0.1, -0.05) is 19.9 Å². The summed E-state index contributed by atoms with van der Waals surface area (Å²) in [6.45, 7) is 8.00. The van der Waals surface area contributed by atoms with Crippen LogP contribution in [-0.4, -0.2) is 43.7 Å². The number of rotatable bonds is 6. The first-order chi connectivity index (χ1) is 16.5. The fourth-order valence-electron chi connectivity index (χ4n) is 4.13. The lowest BCUT2D eigenvalue weighted by atomic mass is 9.99. The molecule has 0 saturated carbocycles. The Bertz CT molecular complexity index is 1230. The number of amides is 1. The van der Waals surface area contributed by atoms with Crippen LogP contribution in [0.25, 0.3) is 0 Å². The fraction of sp³-hybridized carbons (Fsp3) is 0.435. The van der Waals surface area contributed by atoms with Gasteiger partial charge in [0.2, 0.25) is 11.9 Å². The zero-order valence-corrected chi connectivity index (χ0v) is 23.1. The van der Waals surface area contributed by atoms with E-state index in [-0.39, 0.29) is 50.9 Å². The van der Waals surface area contributed by atoms with E-state index in [2.05, 4.69) is 30.7 Å². The Morgan fingerprint density at radius 2 is 1.84 bits per heavy atom. The fourth-order valence-corrected chi connectivity index (χ4v) is 4.13. The topological polar surface area (TPSA) is 101 Å². The molecule has 14 heteroatoms. The van der Waals surface area contributed by atoms with E-state index in [1.165, 1.54) is 12.3 Å². The smallest absolute Gasteiger partial charge is 0.350 e. The maximum Gasteiger partial charge on any atom is 0.433 e. The van der Waals surface area contributed by atoms with Crippen LogP contribution in [0.3, 0.4) is 0 Å². The second-order valence-corrected chi connectivity index (χ2v) is 8.95. The Kier molecular flexibility index (Phi) is 9.47. The van der Waals surface area contributed by atoms with Crippen LogP contribution in [0, 0.1) is 12.8 Å². The number of hydrogen-bond donors (Lipinski definition) is 2. The summed E-state index contributed by atoms with van der Waals surface area (Å²) >= 11 is 0. The number of pyridine rings is 1. The standard InChI is InChI=1S/C23H27F3N8O.2H2S/c1-12(2)19-21(35)31-18-13(3)30-22(32-20(18)33(19)5)28-8-15-9-29-34(11-15)14(4)16-6-7-17(27-10-16)23(24,25)26;;/h6-7,9-12,14,19H,8H2,1-5H3,(H,31,35)(H,28,30,32);2*1H2/t14-,19-;;/m0../s1. The quantitative estimate of drug-likeness (QED) is 0.468. The molecule has 0 radical (unpaired) electrons. The molecule has 0 fully saturated rings. The van der Waals surface area contributed by atoms with E-state index >= 15 is 0 Å². The van der Waals surface area contributed by atoms with E-state index in [1.54, 1.807) is 10.9 Å². The van der Waals surface area contributed by atoms with Crippen LogP contribution in [0.4, 0.5) is 30.6 Å². The maximum atomic E-state index is 12.8. The molecule has 0 unspecified atom stereocenters. The molecule has 0 aromatic carbocycles. The van der Waals surface area contributed by atoms with Gasteiger partial charge in [-0.2, -0.15) is 50.2 Å². The third kappa shape index (κ3) is 6.29. The first-order valence-electron chi connectivity index (χ1n) is 11.2. The molecule has 3 aromatic rings. The summed E-state index contributed by atoms with van der Waals surface area (Å²) in [5.41, 5.74) is 1.78. The van der Waals surface area contributed by atoms with Crippen molar-refractivity contribution in [1.82, 2.24) is 24.7 Å². The van der Waals surface area contributed by atoms with E-state index in [0.29, 0.717) is 35.3 Å². The average Bonchev–Trinajstić information content (AvgIpc) is 3.26. The van der Waals surface area contributed by atoms with Crippen LogP contribution in [-0.2, 0) is 17.5 Å². The number of alkyl halides is 3. The molecule has 1 amide bonds. The molecule has 9 nitrogen and oxygen atoms in total. The molecule has 2 atom stereocenters. The maximum absolute atomic E-state index is 12.8. The van der Waals surface area contributed by atoms with Gasteiger partial charge in [-0.25, -0.2) is 4.98 Å². The van der Waals surface area contributed by atoms with Crippen molar-refractivity contribution in [1.29, 1.82) is 0 Å². The number of aromatic nitrogens is 5. The molecule has 0 saturated heterocycles. The van der Waals surface area contributed by atoms with Crippen molar-refractivity contribution < 1.29 is 18.0 Å². The second kappa shape index (κ2) is 11.6. The van der Waals surface area contributed by atoms with Crippen molar-refractivity contribution in [3.05, 3.63) is 53.2 Å². The minimum absolute atomic E-state index is 0. The van der Waals surface area contributed by atoms with E-state index in [4.69, 9.17) is 0 Å². The van der Waals surface area contributed by atoms with Gasteiger partial charge in [0, 0.05) is 31.5 Å². The van der Waals surface area contributed by atoms with Gasteiger partial charge < -0.3 is 15.5 Å². The minimum Gasteiger partial charge on any atom is -0.350 e. The van der Waals surface area contributed by atoms with Gasteiger partial charge in [0.1, 0.15) is 17.4 Å². The number of fused-ring (bicyclic) bond motifs is 1. The van der Waals surface area contributed by atoms with Crippen molar-refractivity contribution in [2.45, 2.75) is 52.5 Å². The summed E-state index contributed by atoms with van der Waals surface area (Å²) in [5.74, 6) is 1.09. The molecule has 1 aliphatic rings. The molecule has 202 valence electrons. The summed E-state index contributed by atoms with van der Waals surface area (Å²) in [6, 6.07) is 1.75. The van der Waals surface area contributed by atoms with Crippen molar-refractivity contribution in [3.63, 3.8) is 0 Å². The van der Waals surface area contributed by atoms with E-state index in [0.717, 1.165) is 11.6 Å². The number of aryl methyl sites for hydroxylation is 1. The number of carbonyl (C=O) groups is 1. The highest BCUT2D eigenvalue weighted by molar-refractivity contribution is 7.59. The number of anilines is 3. The lowest BCUT2D eigenvalue weighted by Gasteiger charge is -2.36. The van der Waals surface area contributed by atoms with Crippen molar-refractivity contribution >= 4 is 50.4 Å². The van der Waals surface area contributed by atoms with Gasteiger partial charge in [0.05, 0.1) is 17.9 Å². The Balaban J connectivity index is 0.00000241.